The average molecular weight is 401 g/mol. The molecular weight excluding hydrogens is 364 g/mol. The number of hydrogen-bond donors (Lipinski definition) is 0. The van der Waals surface area contributed by atoms with Crippen LogP contribution in [0.1, 0.15) is 45.7 Å². The highest BCUT2D eigenvalue weighted by Crippen LogP contribution is 2.19. The van der Waals surface area contributed by atoms with Crippen molar-refractivity contribution >= 4 is 0 Å². The Bertz CT molecular complexity index is 926. The fourth-order valence-electron chi connectivity index (χ4n) is 2.79. The molecule has 2 heteroatoms. The third kappa shape index (κ3) is 8.08. The molecule has 0 unspecified atom stereocenters. The molecule has 0 fully saturated rings. The predicted molar refractivity (Wildman–Crippen MR) is 132 cm³/mol. The predicted octanol–water partition coefficient (Wildman–Crippen LogP) is 8.15. The largest absolute Gasteiger partial charge is 0.241 e. The van der Waals surface area contributed by atoms with E-state index < -0.39 is 0 Å². The van der Waals surface area contributed by atoms with E-state index >= 15 is 0 Å². The van der Waals surface area contributed by atoms with Gasteiger partial charge in [0.15, 0.2) is 0 Å². The molecule has 0 atom stereocenters. The molecule has 2 nitrogen and oxygen atoms in total. The molecule has 0 saturated heterocycles. The lowest BCUT2D eigenvalue weighted by Gasteiger charge is -2.03. The first-order chi connectivity index (χ1) is 14.8. The molecule has 0 aliphatic heterocycles. The number of rotatable bonds is 3. The van der Waals surface area contributed by atoms with Crippen LogP contribution in [0.5, 0.6) is 0 Å². The molecule has 0 bridgehead atoms. The molecule has 0 amide bonds. The van der Waals surface area contributed by atoms with Crippen molar-refractivity contribution in [2.45, 2.75) is 48.0 Å². The molecule has 0 aliphatic carbocycles. The summed E-state index contributed by atoms with van der Waals surface area (Å²) in [6.07, 6.45) is 4.82. The second-order valence-electron chi connectivity index (χ2n) is 6.21. The van der Waals surface area contributed by atoms with Crippen LogP contribution < -0.4 is 0 Å². The van der Waals surface area contributed by atoms with Crippen molar-refractivity contribution < 1.29 is 0 Å². The van der Waals surface area contributed by atoms with Gasteiger partial charge in [0.05, 0.1) is 5.69 Å². The quantitative estimate of drug-likeness (QED) is 0.339. The van der Waals surface area contributed by atoms with E-state index in [1.165, 1.54) is 22.3 Å². The summed E-state index contributed by atoms with van der Waals surface area (Å²) in [6, 6.07) is 29.4. The van der Waals surface area contributed by atoms with Crippen molar-refractivity contribution in [2.75, 3.05) is 0 Å². The van der Waals surface area contributed by atoms with Gasteiger partial charge in [-0.25, -0.2) is 4.68 Å². The van der Waals surface area contributed by atoms with Crippen LogP contribution >= 0.6 is 0 Å². The highest BCUT2D eigenvalue weighted by molar-refractivity contribution is 5.63. The third-order valence-corrected chi connectivity index (χ3v) is 4.21. The average Bonchev–Trinajstić information content (AvgIpc) is 3.38. The molecular formula is C28H36N2. The summed E-state index contributed by atoms with van der Waals surface area (Å²) >= 11 is 0. The Morgan fingerprint density at radius 3 is 1.97 bits per heavy atom. The topological polar surface area (TPSA) is 17.8 Å². The zero-order valence-corrected chi connectivity index (χ0v) is 19.3. The summed E-state index contributed by atoms with van der Waals surface area (Å²) in [5.41, 5.74) is 6.36. The van der Waals surface area contributed by atoms with Gasteiger partial charge in [0, 0.05) is 12.4 Å². The number of benzene rings is 3. The Kier molecular flexibility index (Phi) is 12.3. The maximum Gasteiger partial charge on any atom is 0.0648 e. The molecule has 0 N–H and O–H groups in total. The Morgan fingerprint density at radius 2 is 1.37 bits per heavy atom. The minimum atomic E-state index is 1.10. The summed E-state index contributed by atoms with van der Waals surface area (Å²) in [5, 5.41) is 4.14. The van der Waals surface area contributed by atoms with E-state index in [1.807, 2.05) is 62.8 Å². The second kappa shape index (κ2) is 14.8. The highest BCUT2D eigenvalue weighted by Gasteiger charge is 1.96. The smallest absolute Gasteiger partial charge is 0.0648 e. The van der Waals surface area contributed by atoms with Gasteiger partial charge < -0.3 is 0 Å². The second-order valence-corrected chi connectivity index (χ2v) is 6.21. The van der Waals surface area contributed by atoms with E-state index in [-0.39, 0.29) is 0 Å². The van der Waals surface area contributed by atoms with Crippen molar-refractivity contribution in [2.24, 2.45) is 0 Å². The highest BCUT2D eigenvalue weighted by atomic mass is 15.3. The Labute approximate surface area is 183 Å². The van der Waals surface area contributed by atoms with Crippen LogP contribution in [0.2, 0.25) is 0 Å². The number of hydrogen-bond acceptors (Lipinski definition) is 1. The summed E-state index contributed by atoms with van der Waals surface area (Å²) in [5.74, 6) is 0. The molecule has 1 aromatic heterocycles. The lowest BCUT2D eigenvalue weighted by Crippen LogP contribution is -1.93. The van der Waals surface area contributed by atoms with Gasteiger partial charge in [-0.1, -0.05) is 101 Å². The van der Waals surface area contributed by atoms with Crippen LogP contribution in [0, 0.1) is 6.92 Å². The minimum absolute atomic E-state index is 1.10. The molecule has 0 radical (unpaired) electrons. The Hall–Kier alpha value is -3.13. The van der Waals surface area contributed by atoms with Gasteiger partial charge in [0.1, 0.15) is 0 Å². The minimum Gasteiger partial charge on any atom is -0.241 e. The number of aryl methyl sites for hydroxylation is 2. The maximum absolute atomic E-state index is 4.14. The number of aromatic nitrogens is 2. The molecule has 1 heterocycles. The van der Waals surface area contributed by atoms with E-state index in [4.69, 9.17) is 0 Å². The van der Waals surface area contributed by atoms with Crippen molar-refractivity contribution in [3.05, 3.63) is 108 Å². The zero-order chi connectivity index (χ0) is 22.2. The first-order valence-electron chi connectivity index (χ1n) is 11.0. The first kappa shape index (κ1) is 24.9. The van der Waals surface area contributed by atoms with Crippen molar-refractivity contribution in [3.63, 3.8) is 0 Å². The summed E-state index contributed by atoms with van der Waals surface area (Å²) in [7, 11) is 0. The zero-order valence-electron chi connectivity index (χ0n) is 19.3. The summed E-state index contributed by atoms with van der Waals surface area (Å²) in [6.45, 7) is 12.3. The SMILES string of the molecule is CC.CC.CCc1cccc(-c2ccccc2)c1.Cc1cccc(-n2cccn2)c1. The van der Waals surface area contributed by atoms with Crippen LogP contribution in [0.15, 0.2) is 97.3 Å². The van der Waals surface area contributed by atoms with Gasteiger partial charge in [0.2, 0.25) is 0 Å². The van der Waals surface area contributed by atoms with Crippen molar-refractivity contribution in [3.8, 4) is 16.8 Å². The normalized spacial score (nSPS) is 9.13. The van der Waals surface area contributed by atoms with E-state index in [2.05, 4.69) is 79.6 Å². The van der Waals surface area contributed by atoms with Crippen LogP contribution in [-0.4, -0.2) is 9.78 Å². The van der Waals surface area contributed by atoms with Gasteiger partial charge in [-0.2, -0.15) is 5.10 Å². The van der Waals surface area contributed by atoms with Crippen molar-refractivity contribution in [1.29, 1.82) is 0 Å². The fourth-order valence-corrected chi connectivity index (χ4v) is 2.79. The van der Waals surface area contributed by atoms with E-state index in [0.717, 1.165) is 12.1 Å². The molecule has 0 aliphatic rings. The van der Waals surface area contributed by atoms with Crippen molar-refractivity contribution in [1.82, 2.24) is 9.78 Å². The summed E-state index contributed by atoms with van der Waals surface area (Å²) < 4.78 is 1.85. The van der Waals surface area contributed by atoms with Crippen LogP contribution in [0.3, 0.4) is 0 Å². The monoisotopic (exact) mass is 400 g/mol. The Balaban J connectivity index is 0.000000260. The van der Waals surface area contributed by atoms with Gasteiger partial charge >= 0.3 is 0 Å². The lowest BCUT2D eigenvalue weighted by atomic mass is 10.0. The van der Waals surface area contributed by atoms with Crippen LogP contribution in [0.4, 0.5) is 0 Å². The van der Waals surface area contributed by atoms with E-state index in [1.54, 1.807) is 6.20 Å². The first-order valence-corrected chi connectivity index (χ1v) is 11.0. The fraction of sp³-hybridized carbons (Fsp3) is 0.250. The molecule has 4 aromatic rings. The summed E-state index contributed by atoms with van der Waals surface area (Å²) in [4.78, 5) is 0. The third-order valence-electron chi connectivity index (χ3n) is 4.21. The van der Waals surface area contributed by atoms with Gasteiger partial charge in [-0.3, -0.25) is 0 Å². The van der Waals surface area contributed by atoms with Gasteiger partial charge in [-0.15, -0.1) is 0 Å². The molecule has 4 rings (SSSR count). The Morgan fingerprint density at radius 1 is 0.700 bits per heavy atom. The molecule has 30 heavy (non-hydrogen) atoms. The van der Waals surface area contributed by atoms with Crippen LogP contribution in [-0.2, 0) is 6.42 Å². The molecule has 0 spiro atoms. The maximum atomic E-state index is 4.14. The molecule has 3 aromatic carbocycles. The van der Waals surface area contributed by atoms with Gasteiger partial charge in [-0.05, 0) is 53.8 Å². The molecule has 0 saturated carbocycles. The van der Waals surface area contributed by atoms with Gasteiger partial charge in [0.25, 0.3) is 0 Å². The van der Waals surface area contributed by atoms with Crippen LogP contribution in [0.25, 0.3) is 16.8 Å². The number of nitrogens with zero attached hydrogens (tertiary/aromatic N) is 2. The van der Waals surface area contributed by atoms with E-state index in [9.17, 15) is 0 Å². The lowest BCUT2D eigenvalue weighted by molar-refractivity contribution is 0.879. The standard InChI is InChI=1S/C14H14.C10H10N2.2C2H6/c1-2-12-7-6-10-14(11-12)13-8-4-3-5-9-13;1-9-4-2-5-10(8-9)12-7-3-6-11-12;2*1-2/h3-11H,2H2,1H3;2-8H,1H3;2*1-2H3. The molecule has 158 valence electrons. The van der Waals surface area contributed by atoms with E-state index in [0.29, 0.717) is 0 Å².